The highest BCUT2D eigenvalue weighted by atomic mass is 79.9. The minimum absolute atomic E-state index is 0.533. The van der Waals surface area contributed by atoms with E-state index in [1.807, 2.05) is 13.0 Å². The summed E-state index contributed by atoms with van der Waals surface area (Å²) in [7, 11) is 0. The molecule has 0 aliphatic carbocycles. The van der Waals surface area contributed by atoms with E-state index in [1.165, 1.54) is 0 Å². The molecule has 0 atom stereocenters. The fraction of sp³-hybridized carbons (Fsp3) is 0.500. The SMILES string of the molecule is Cc1cc(OCC(C)C)ncc1Br. The van der Waals surface area contributed by atoms with Crippen LogP contribution in [0.1, 0.15) is 19.4 Å². The number of ether oxygens (including phenoxy) is 1. The first-order valence-corrected chi connectivity index (χ1v) is 5.14. The topological polar surface area (TPSA) is 22.1 Å². The second kappa shape index (κ2) is 4.61. The lowest BCUT2D eigenvalue weighted by Gasteiger charge is -2.08. The maximum Gasteiger partial charge on any atom is 0.213 e. The Kier molecular flexibility index (Phi) is 3.72. The average Bonchev–Trinajstić information content (AvgIpc) is 2.07. The van der Waals surface area contributed by atoms with Gasteiger partial charge in [-0.05, 0) is 34.3 Å². The Morgan fingerprint density at radius 3 is 2.77 bits per heavy atom. The van der Waals surface area contributed by atoms with Gasteiger partial charge in [0.25, 0.3) is 0 Å². The number of hydrogen-bond acceptors (Lipinski definition) is 2. The van der Waals surface area contributed by atoms with Gasteiger partial charge >= 0.3 is 0 Å². The zero-order chi connectivity index (χ0) is 9.84. The first-order chi connectivity index (χ1) is 6.09. The van der Waals surface area contributed by atoms with Crippen LogP contribution in [0.2, 0.25) is 0 Å². The maximum atomic E-state index is 5.47. The van der Waals surface area contributed by atoms with Crippen LogP contribution in [0.4, 0.5) is 0 Å². The minimum Gasteiger partial charge on any atom is -0.477 e. The van der Waals surface area contributed by atoms with Gasteiger partial charge in [-0.2, -0.15) is 0 Å². The third-order valence-electron chi connectivity index (χ3n) is 1.59. The molecule has 2 nitrogen and oxygen atoms in total. The molecular weight excluding hydrogens is 230 g/mol. The van der Waals surface area contributed by atoms with Crippen molar-refractivity contribution < 1.29 is 4.74 Å². The second-order valence-corrected chi connectivity index (χ2v) is 4.33. The Bertz CT molecular complexity index is 286. The number of hydrogen-bond donors (Lipinski definition) is 0. The van der Waals surface area contributed by atoms with Crippen LogP contribution in [0.5, 0.6) is 5.88 Å². The Hall–Kier alpha value is -0.570. The van der Waals surface area contributed by atoms with E-state index in [0.717, 1.165) is 10.0 Å². The van der Waals surface area contributed by atoms with Gasteiger partial charge in [-0.25, -0.2) is 4.98 Å². The number of aryl methyl sites for hydroxylation is 1. The van der Waals surface area contributed by atoms with Gasteiger partial charge in [-0.3, -0.25) is 0 Å². The summed E-state index contributed by atoms with van der Waals surface area (Å²) >= 11 is 3.39. The molecule has 0 aliphatic heterocycles. The minimum atomic E-state index is 0.533. The summed E-state index contributed by atoms with van der Waals surface area (Å²) in [6, 6.07) is 1.94. The number of aromatic nitrogens is 1. The van der Waals surface area contributed by atoms with Crippen molar-refractivity contribution in [3.63, 3.8) is 0 Å². The average molecular weight is 244 g/mol. The van der Waals surface area contributed by atoms with E-state index >= 15 is 0 Å². The van der Waals surface area contributed by atoms with E-state index in [2.05, 4.69) is 34.8 Å². The summed E-state index contributed by atoms with van der Waals surface area (Å²) in [6.45, 7) is 6.97. The van der Waals surface area contributed by atoms with Gasteiger partial charge in [-0.1, -0.05) is 13.8 Å². The van der Waals surface area contributed by atoms with Crippen LogP contribution in [-0.2, 0) is 0 Å². The second-order valence-electron chi connectivity index (χ2n) is 3.48. The lowest BCUT2D eigenvalue weighted by Crippen LogP contribution is -2.05. The molecule has 1 aromatic rings. The van der Waals surface area contributed by atoms with Crippen LogP contribution >= 0.6 is 15.9 Å². The first-order valence-electron chi connectivity index (χ1n) is 4.34. The Balaban J connectivity index is 2.63. The van der Waals surface area contributed by atoms with Gasteiger partial charge in [0, 0.05) is 16.7 Å². The van der Waals surface area contributed by atoms with E-state index in [-0.39, 0.29) is 0 Å². The van der Waals surface area contributed by atoms with Gasteiger partial charge in [0.1, 0.15) is 0 Å². The van der Waals surface area contributed by atoms with E-state index in [4.69, 9.17) is 4.74 Å². The summed E-state index contributed by atoms with van der Waals surface area (Å²) in [4.78, 5) is 4.14. The van der Waals surface area contributed by atoms with Gasteiger partial charge in [-0.15, -0.1) is 0 Å². The molecule has 0 radical (unpaired) electrons. The predicted octanol–water partition coefficient (Wildman–Crippen LogP) is 3.19. The Labute approximate surface area is 87.5 Å². The molecule has 1 heterocycles. The Morgan fingerprint density at radius 2 is 2.23 bits per heavy atom. The molecule has 1 aromatic heterocycles. The fourth-order valence-electron chi connectivity index (χ4n) is 0.845. The van der Waals surface area contributed by atoms with Crippen LogP contribution in [0, 0.1) is 12.8 Å². The number of rotatable bonds is 3. The van der Waals surface area contributed by atoms with Gasteiger partial charge in [0.2, 0.25) is 5.88 Å². The van der Waals surface area contributed by atoms with E-state index in [0.29, 0.717) is 18.4 Å². The third-order valence-corrected chi connectivity index (χ3v) is 2.42. The molecular formula is C10H14BrNO. The molecule has 0 amide bonds. The molecule has 72 valence electrons. The van der Waals surface area contributed by atoms with Crippen LogP contribution < -0.4 is 4.74 Å². The summed E-state index contributed by atoms with van der Waals surface area (Å²) in [5, 5.41) is 0. The van der Waals surface area contributed by atoms with E-state index < -0.39 is 0 Å². The largest absolute Gasteiger partial charge is 0.477 e. The van der Waals surface area contributed by atoms with Crippen molar-refractivity contribution in [1.82, 2.24) is 4.98 Å². The van der Waals surface area contributed by atoms with Crippen LogP contribution in [0.25, 0.3) is 0 Å². The van der Waals surface area contributed by atoms with E-state index in [1.54, 1.807) is 6.20 Å². The van der Waals surface area contributed by atoms with Crippen molar-refractivity contribution >= 4 is 15.9 Å². The molecule has 3 heteroatoms. The van der Waals surface area contributed by atoms with Crippen LogP contribution in [0.3, 0.4) is 0 Å². The Morgan fingerprint density at radius 1 is 1.54 bits per heavy atom. The normalized spacial score (nSPS) is 10.5. The van der Waals surface area contributed by atoms with Crippen molar-refractivity contribution in [2.45, 2.75) is 20.8 Å². The monoisotopic (exact) mass is 243 g/mol. The molecule has 0 aromatic carbocycles. The smallest absolute Gasteiger partial charge is 0.213 e. The summed E-state index contributed by atoms with van der Waals surface area (Å²) in [5.74, 6) is 1.24. The zero-order valence-electron chi connectivity index (χ0n) is 8.17. The molecule has 0 saturated carbocycles. The summed E-state index contributed by atoms with van der Waals surface area (Å²) in [6.07, 6.45) is 1.77. The standard InChI is InChI=1S/C10H14BrNO/c1-7(2)6-13-10-4-8(3)9(11)5-12-10/h4-5,7H,6H2,1-3H3. The molecule has 0 aliphatic rings. The lowest BCUT2D eigenvalue weighted by atomic mass is 10.2. The van der Waals surface area contributed by atoms with Crippen molar-refractivity contribution in [3.8, 4) is 5.88 Å². The van der Waals surface area contributed by atoms with Crippen molar-refractivity contribution in [1.29, 1.82) is 0 Å². The van der Waals surface area contributed by atoms with Crippen molar-refractivity contribution in [2.24, 2.45) is 5.92 Å². The van der Waals surface area contributed by atoms with Crippen molar-refractivity contribution in [3.05, 3.63) is 22.3 Å². The highest BCUT2D eigenvalue weighted by molar-refractivity contribution is 9.10. The zero-order valence-corrected chi connectivity index (χ0v) is 9.76. The summed E-state index contributed by atoms with van der Waals surface area (Å²) in [5.41, 5.74) is 1.15. The number of halogens is 1. The van der Waals surface area contributed by atoms with Gasteiger partial charge in [0.15, 0.2) is 0 Å². The van der Waals surface area contributed by atoms with Crippen LogP contribution in [-0.4, -0.2) is 11.6 Å². The summed E-state index contributed by atoms with van der Waals surface area (Å²) < 4.78 is 6.49. The highest BCUT2D eigenvalue weighted by Gasteiger charge is 2.00. The van der Waals surface area contributed by atoms with Gasteiger partial charge in [0.05, 0.1) is 6.61 Å². The third kappa shape index (κ3) is 3.35. The van der Waals surface area contributed by atoms with Gasteiger partial charge < -0.3 is 4.74 Å². The quantitative estimate of drug-likeness (QED) is 0.814. The van der Waals surface area contributed by atoms with Crippen molar-refractivity contribution in [2.75, 3.05) is 6.61 Å². The number of pyridine rings is 1. The molecule has 0 spiro atoms. The molecule has 13 heavy (non-hydrogen) atoms. The molecule has 0 N–H and O–H groups in total. The lowest BCUT2D eigenvalue weighted by molar-refractivity contribution is 0.261. The predicted molar refractivity (Wildman–Crippen MR) is 57.0 cm³/mol. The molecule has 0 fully saturated rings. The molecule has 0 saturated heterocycles. The number of nitrogens with zero attached hydrogens (tertiary/aromatic N) is 1. The maximum absolute atomic E-state index is 5.47. The van der Waals surface area contributed by atoms with E-state index in [9.17, 15) is 0 Å². The highest BCUT2D eigenvalue weighted by Crippen LogP contribution is 2.18. The molecule has 1 rings (SSSR count). The molecule has 0 bridgehead atoms. The first kappa shape index (κ1) is 10.5. The fourth-order valence-corrected chi connectivity index (χ4v) is 1.06. The molecule has 0 unspecified atom stereocenters. The van der Waals surface area contributed by atoms with Crippen LogP contribution in [0.15, 0.2) is 16.7 Å².